The number of rotatable bonds is 6. The molecule has 30 heavy (non-hydrogen) atoms. The van der Waals surface area contributed by atoms with E-state index in [1.807, 2.05) is 26.8 Å². The second-order valence-electron chi connectivity index (χ2n) is 7.66. The van der Waals surface area contributed by atoms with Crippen molar-refractivity contribution in [3.05, 3.63) is 64.3 Å². The fourth-order valence-corrected chi connectivity index (χ4v) is 3.47. The third-order valence-electron chi connectivity index (χ3n) is 4.74. The molecule has 3 rings (SSSR count). The van der Waals surface area contributed by atoms with Crippen molar-refractivity contribution < 1.29 is 14.4 Å². The van der Waals surface area contributed by atoms with Crippen molar-refractivity contribution in [2.24, 2.45) is 5.92 Å². The summed E-state index contributed by atoms with van der Waals surface area (Å²) < 4.78 is 0. The van der Waals surface area contributed by atoms with E-state index in [1.165, 1.54) is 11.8 Å². The molecule has 0 atom stereocenters. The Kier molecular flexibility index (Phi) is 6.27. The predicted octanol–water partition coefficient (Wildman–Crippen LogP) is 4.45. The summed E-state index contributed by atoms with van der Waals surface area (Å²) >= 11 is 6.22. The quantitative estimate of drug-likeness (QED) is 0.670. The minimum Gasteiger partial charge on any atom is -0.350 e. The molecule has 0 spiro atoms. The molecule has 2 aromatic rings. The van der Waals surface area contributed by atoms with Gasteiger partial charge in [-0.1, -0.05) is 43.6 Å². The largest absolute Gasteiger partial charge is 0.350 e. The third-order valence-corrected chi connectivity index (χ3v) is 5.15. The molecule has 0 aromatic heterocycles. The number of imide groups is 1. The van der Waals surface area contributed by atoms with Gasteiger partial charge in [0.15, 0.2) is 0 Å². The van der Waals surface area contributed by atoms with E-state index < -0.39 is 0 Å². The average Bonchev–Trinajstić information content (AvgIpc) is 2.90. The van der Waals surface area contributed by atoms with Crippen LogP contribution in [0, 0.1) is 12.8 Å². The highest BCUT2D eigenvalue weighted by Crippen LogP contribution is 2.33. The Morgan fingerprint density at radius 2 is 1.73 bits per heavy atom. The maximum Gasteiger partial charge on any atom is 0.278 e. The van der Waals surface area contributed by atoms with Gasteiger partial charge in [-0.2, -0.15) is 0 Å². The number of hydrogen-bond donors (Lipinski definition) is 2. The molecule has 0 radical (unpaired) electrons. The molecule has 6 nitrogen and oxygen atoms in total. The Bertz CT molecular complexity index is 1040. The molecule has 1 heterocycles. The van der Waals surface area contributed by atoms with E-state index in [0.29, 0.717) is 34.1 Å². The van der Waals surface area contributed by atoms with Crippen LogP contribution in [0.5, 0.6) is 0 Å². The SMILES string of the molecule is CC(=O)Nc1ccc(C2=C(Nc3cccc(Cl)c3C)C(=O)N(CC(C)C)C2=O)cc1. The zero-order valence-electron chi connectivity index (χ0n) is 17.4. The molecule has 7 heteroatoms. The van der Waals surface area contributed by atoms with Gasteiger partial charge in [0.25, 0.3) is 11.8 Å². The number of amides is 3. The lowest BCUT2D eigenvalue weighted by Gasteiger charge is -2.17. The lowest BCUT2D eigenvalue weighted by Crippen LogP contribution is -2.35. The minimum atomic E-state index is -0.367. The number of anilines is 2. The number of nitrogens with zero attached hydrogens (tertiary/aromatic N) is 1. The van der Waals surface area contributed by atoms with E-state index in [1.54, 1.807) is 36.4 Å². The van der Waals surface area contributed by atoms with Crippen molar-refractivity contribution in [2.45, 2.75) is 27.7 Å². The van der Waals surface area contributed by atoms with Gasteiger partial charge in [0.2, 0.25) is 5.91 Å². The van der Waals surface area contributed by atoms with Crippen LogP contribution in [0.4, 0.5) is 11.4 Å². The highest BCUT2D eigenvalue weighted by atomic mass is 35.5. The summed E-state index contributed by atoms with van der Waals surface area (Å²) in [6.07, 6.45) is 0. The Morgan fingerprint density at radius 1 is 1.07 bits per heavy atom. The van der Waals surface area contributed by atoms with Gasteiger partial charge in [0.1, 0.15) is 5.70 Å². The summed E-state index contributed by atoms with van der Waals surface area (Å²) in [7, 11) is 0. The molecular weight excluding hydrogens is 402 g/mol. The van der Waals surface area contributed by atoms with E-state index in [4.69, 9.17) is 11.6 Å². The van der Waals surface area contributed by atoms with Crippen LogP contribution in [0.25, 0.3) is 5.57 Å². The van der Waals surface area contributed by atoms with Gasteiger partial charge >= 0.3 is 0 Å². The summed E-state index contributed by atoms with van der Waals surface area (Å²) in [6.45, 7) is 7.50. The first kappa shape index (κ1) is 21.6. The van der Waals surface area contributed by atoms with Crippen LogP contribution in [0.1, 0.15) is 31.9 Å². The number of carbonyl (C=O) groups is 3. The van der Waals surface area contributed by atoms with Gasteiger partial charge < -0.3 is 10.6 Å². The van der Waals surface area contributed by atoms with Crippen molar-refractivity contribution in [3.63, 3.8) is 0 Å². The summed E-state index contributed by atoms with van der Waals surface area (Å²) in [5.41, 5.74) is 3.18. The van der Waals surface area contributed by atoms with Crippen LogP contribution < -0.4 is 10.6 Å². The maximum absolute atomic E-state index is 13.2. The number of halogens is 1. The van der Waals surface area contributed by atoms with E-state index in [9.17, 15) is 14.4 Å². The molecule has 156 valence electrons. The van der Waals surface area contributed by atoms with Crippen molar-refractivity contribution in [1.82, 2.24) is 4.90 Å². The van der Waals surface area contributed by atoms with Crippen LogP contribution in [-0.4, -0.2) is 29.2 Å². The van der Waals surface area contributed by atoms with Gasteiger partial charge in [0.05, 0.1) is 5.57 Å². The monoisotopic (exact) mass is 425 g/mol. The maximum atomic E-state index is 13.2. The Hall–Kier alpha value is -3.12. The molecule has 0 unspecified atom stereocenters. The first-order chi connectivity index (χ1) is 14.2. The number of carbonyl (C=O) groups excluding carboxylic acids is 3. The van der Waals surface area contributed by atoms with Crippen LogP contribution in [-0.2, 0) is 14.4 Å². The van der Waals surface area contributed by atoms with Crippen LogP contribution in [0.2, 0.25) is 5.02 Å². The first-order valence-electron chi connectivity index (χ1n) is 9.69. The molecule has 0 fully saturated rings. The Morgan fingerprint density at radius 3 is 2.33 bits per heavy atom. The van der Waals surface area contributed by atoms with Crippen LogP contribution in [0.15, 0.2) is 48.2 Å². The standard InChI is InChI=1S/C23H24ClN3O3/c1-13(2)12-27-22(29)20(16-8-10-17(11-9-16)25-15(4)28)21(23(27)30)26-19-7-5-6-18(24)14(19)3/h5-11,13,26H,12H2,1-4H3,(H,25,28). The fraction of sp³-hybridized carbons (Fsp3) is 0.261. The van der Waals surface area contributed by atoms with Gasteiger partial charge in [-0.15, -0.1) is 0 Å². The summed E-state index contributed by atoms with van der Waals surface area (Å²) in [5.74, 6) is -0.762. The summed E-state index contributed by atoms with van der Waals surface area (Å²) in [5, 5.41) is 6.40. The van der Waals surface area contributed by atoms with Crippen molar-refractivity contribution in [2.75, 3.05) is 17.2 Å². The molecule has 3 amide bonds. The number of benzene rings is 2. The minimum absolute atomic E-state index is 0.133. The summed E-state index contributed by atoms with van der Waals surface area (Å²) in [6, 6.07) is 12.2. The fourth-order valence-electron chi connectivity index (χ4n) is 3.29. The summed E-state index contributed by atoms with van der Waals surface area (Å²) in [4.78, 5) is 38.9. The second-order valence-corrected chi connectivity index (χ2v) is 8.07. The molecular formula is C23H24ClN3O3. The van der Waals surface area contributed by atoms with Crippen molar-refractivity contribution in [3.8, 4) is 0 Å². The predicted molar refractivity (Wildman–Crippen MR) is 119 cm³/mol. The van der Waals surface area contributed by atoms with E-state index in [2.05, 4.69) is 10.6 Å². The molecule has 1 aliphatic heterocycles. The topological polar surface area (TPSA) is 78.5 Å². The van der Waals surface area contributed by atoms with Crippen molar-refractivity contribution >= 4 is 46.3 Å². The van der Waals surface area contributed by atoms with Gasteiger partial charge in [-0.25, -0.2) is 0 Å². The van der Waals surface area contributed by atoms with E-state index >= 15 is 0 Å². The molecule has 0 saturated heterocycles. The molecule has 0 saturated carbocycles. The van der Waals surface area contributed by atoms with Gasteiger partial charge in [-0.05, 0) is 48.2 Å². The highest BCUT2D eigenvalue weighted by Gasteiger charge is 2.39. The van der Waals surface area contributed by atoms with Gasteiger partial charge in [0, 0.05) is 29.9 Å². The van der Waals surface area contributed by atoms with Crippen LogP contribution >= 0.6 is 11.6 Å². The Labute approximate surface area is 180 Å². The second kappa shape index (κ2) is 8.71. The van der Waals surface area contributed by atoms with Crippen molar-refractivity contribution in [1.29, 1.82) is 0 Å². The molecule has 1 aliphatic rings. The number of nitrogens with one attached hydrogen (secondary N) is 2. The van der Waals surface area contributed by atoms with E-state index in [-0.39, 0.29) is 29.3 Å². The zero-order valence-corrected chi connectivity index (χ0v) is 18.1. The molecule has 0 bridgehead atoms. The highest BCUT2D eigenvalue weighted by molar-refractivity contribution is 6.36. The molecule has 2 N–H and O–H groups in total. The Balaban J connectivity index is 2.06. The van der Waals surface area contributed by atoms with Crippen LogP contribution in [0.3, 0.4) is 0 Å². The lowest BCUT2D eigenvalue weighted by atomic mass is 10.0. The lowest BCUT2D eigenvalue weighted by molar-refractivity contribution is -0.137. The number of hydrogen-bond acceptors (Lipinski definition) is 4. The normalized spacial score (nSPS) is 14.0. The zero-order chi connectivity index (χ0) is 22.0. The molecule has 0 aliphatic carbocycles. The third kappa shape index (κ3) is 4.39. The smallest absolute Gasteiger partial charge is 0.278 e. The van der Waals surface area contributed by atoms with E-state index in [0.717, 1.165) is 5.56 Å². The molecule has 2 aromatic carbocycles. The first-order valence-corrected chi connectivity index (χ1v) is 10.1. The average molecular weight is 426 g/mol. The van der Waals surface area contributed by atoms with Gasteiger partial charge in [-0.3, -0.25) is 19.3 Å².